The summed E-state index contributed by atoms with van der Waals surface area (Å²) in [6.45, 7) is 6.87. The first-order chi connectivity index (χ1) is 7.79. The third-order valence-corrected chi connectivity index (χ3v) is 2.44. The Morgan fingerprint density at radius 3 is 2.41 bits per heavy atom. The summed E-state index contributed by atoms with van der Waals surface area (Å²) in [7, 11) is 1.76. The first kappa shape index (κ1) is 13.7. The number of likely N-dealkylation sites (N-methyl/N-ethyl adjacent to an activating group) is 1. The molecule has 3 heteroatoms. The summed E-state index contributed by atoms with van der Waals surface area (Å²) in [5.41, 5.74) is 0.512. The summed E-state index contributed by atoms with van der Waals surface area (Å²) in [6, 6.07) is 6.40. The van der Waals surface area contributed by atoms with Crippen LogP contribution in [0.15, 0.2) is 24.3 Å². The molecule has 17 heavy (non-hydrogen) atoms. The second kappa shape index (κ2) is 5.30. The van der Waals surface area contributed by atoms with Crippen molar-refractivity contribution in [1.29, 1.82) is 0 Å². The van der Waals surface area contributed by atoms with Crippen molar-refractivity contribution in [2.45, 2.75) is 27.2 Å². The monoisotopic (exact) mass is 237 g/mol. The fraction of sp³-hybridized carbons (Fsp3) is 0.500. The van der Waals surface area contributed by atoms with E-state index in [0.29, 0.717) is 12.1 Å². The SMILES string of the molecule is CN(CC(C)(C)C)C(=O)Cc1ccccc1F. The summed E-state index contributed by atoms with van der Waals surface area (Å²) in [6.07, 6.45) is 0.124. The number of hydrogen-bond donors (Lipinski definition) is 0. The molecule has 2 nitrogen and oxygen atoms in total. The molecule has 0 aliphatic carbocycles. The van der Waals surface area contributed by atoms with Gasteiger partial charge in [0.2, 0.25) is 5.91 Å². The molecular formula is C14H20FNO. The molecule has 1 aromatic carbocycles. The number of carbonyl (C=O) groups is 1. The van der Waals surface area contributed by atoms with Crippen molar-refractivity contribution in [3.63, 3.8) is 0 Å². The first-order valence-corrected chi connectivity index (χ1v) is 5.77. The first-order valence-electron chi connectivity index (χ1n) is 5.77. The van der Waals surface area contributed by atoms with Crippen molar-refractivity contribution >= 4 is 5.91 Å². The number of nitrogens with zero attached hydrogens (tertiary/aromatic N) is 1. The van der Waals surface area contributed by atoms with Crippen LogP contribution in [-0.4, -0.2) is 24.4 Å². The topological polar surface area (TPSA) is 20.3 Å². The van der Waals surface area contributed by atoms with Gasteiger partial charge < -0.3 is 4.90 Å². The Morgan fingerprint density at radius 2 is 1.88 bits per heavy atom. The molecule has 0 saturated carbocycles. The molecule has 0 aliphatic rings. The lowest BCUT2D eigenvalue weighted by Gasteiger charge is -2.26. The van der Waals surface area contributed by atoms with Gasteiger partial charge in [-0.1, -0.05) is 39.0 Å². The number of amides is 1. The standard InChI is InChI=1S/C14H20FNO/c1-14(2,3)10-16(4)13(17)9-11-7-5-6-8-12(11)15/h5-8H,9-10H2,1-4H3. The molecular weight excluding hydrogens is 217 g/mol. The molecule has 0 atom stereocenters. The van der Waals surface area contributed by atoms with Gasteiger partial charge in [0.05, 0.1) is 6.42 Å². The summed E-state index contributed by atoms with van der Waals surface area (Å²) in [5, 5.41) is 0. The van der Waals surface area contributed by atoms with Crippen molar-refractivity contribution in [3.05, 3.63) is 35.6 Å². The van der Waals surface area contributed by atoms with Gasteiger partial charge in [0.25, 0.3) is 0 Å². The number of hydrogen-bond acceptors (Lipinski definition) is 1. The third kappa shape index (κ3) is 4.55. The lowest BCUT2D eigenvalue weighted by atomic mass is 9.96. The van der Waals surface area contributed by atoms with Gasteiger partial charge in [0, 0.05) is 13.6 Å². The zero-order chi connectivity index (χ0) is 13.1. The van der Waals surface area contributed by atoms with E-state index in [0.717, 1.165) is 0 Å². The van der Waals surface area contributed by atoms with Crippen LogP contribution in [0.1, 0.15) is 26.3 Å². The van der Waals surface area contributed by atoms with Gasteiger partial charge in [0.1, 0.15) is 5.82 Å². The highest BCUT2D eigenvalue weighted by molar-refractivity contribution is 5.78. The van der Waals surface area contributed by atoms with Gasteiger partial charge in [0.15, 0.2) is 0 Å². The minimum Gasteiger partial charge on any atom is -0.345 e. The highest BCUT2D eigenvalue weighted by Gasteiger charge is 2.18. The molecule has 0 N–H and O–H groups in total. The molecule has 1 aromatic rings. The van der Waals surface area contributed by atoms with Gasteiger partial charge in [-0.15, -0.1) is 0 Å². The second-order valence-electron chi connectivity index (χ2n) is 5.58. The Bertz CT molecular complexity index is 395. The van der Waals surface area contributed by atoms with Crippen LogP contribution in [0.2, 0.25) is 0 Å². The molecule has 0 aliphatic heterocycles. The summed E-state index contributed by atoms with van der Waals surface area (Å²) < 4.78 is 13.4. The average molecular weight is 237 g/mol. The lowest BCUT2D eigenvalue weighted by molar-refractivity contribution is -0.130. The van der Waals surface area contributed by atoms with Crippen LogP contribution in [0, 0.1) is 11.2 Å². The van der Waals surface area contributed by atoms with E-state index in [1.165, 1.54) is 6.07 Å². The Balaban J connectivity index is 2.64. The predicted molar refractivity (Wildman–Crippen MR) is 67.2 cm³/mol. The summed E-state index contributed by atoms with van der Waals surface area (Å²) in [5.74, 6) is -0.366. The molecule has 0 heterocycles. The predicted octanol–water partition coefficient (Wildman–Crippen LogP) is 2.87. The van der Waals surface area contributed by atoms with Gasteiger partial charge in [-0.05, 0) is 17.0 Å². The third-order valence-electron chi connectivity index (χ3n) is 2.44. The van der Waals surface area contributed by atoms with Crippen LogP contribution in [0.4, 0.5) is 4.39 Å². The van der Waals surface area contributed by atoms with Crippen molar-refractivity contribution in [2.24, 2.45) is 5.41 Å². The van der Waals surface area contributed by atoms with Crippen LogP contribution in [0.3, 0.4) is 0 Å². The average Bonchev–Trinajstić information content (AvgIpc) is 2.18. The smallest absolute Gasteiger partial charge is 0.226 e. The minimum absolute atomic E-state index is 0.0509. The molecule has 0 spiro atoms. The Morgan fingerprint density at radius 1 is 1.29 bits per heavy atom. The van der Waals surface area contributed by atoms with E-state index in [4.69, 9.17) is 0 Å². The minimum atomic E-state index is -0.315. The van der Waals surface area contributed by atoms with Crippen LogP contribution < -0.4 is 0 Å². The van der Waals surface area contributed by atoms with E-state index in [1.54, 1.807) is 30.1 Å². The Kier molecular flexibility index (Phi) is 4.27. The molecule has 0 saturated heterocycles. The van der Waals surface area contributed by atoms with Gasteiger partial charge in [-0.25, -0.2) is 4.39 Å². The van der Waals surface area contributed by atoms with E-state index in [2.05, 4.69) is 20.8 Å². The number of rotatable bonds is 3. The van der Waals surface area contributed by atoms with E-state index in [-0.39, 0.29) is 23.6 Å². The zero-order valence-corrected chi connectivity index (χ0v) is 11.0. The van der Waals surface area contributed by atoms with Gasteiger partial charge >= 0.3 is 0 Å². The molecule has 1 rings (SSSR count). The second-order valence-corrected chi connectivity index (χ2v) is 5.58. The fourth-order valence-corrected chi connectivity index (χ4v) is 1.74. The van der Waals surface area contributed by atoms with Crippen LogP contribution >= 0.6 is 0 Å². The van der Waals surface area contributed by atoms with E-state index < -0.39 is 0 Å². The maximum Gasteiger partial charge on any atom is 0.226 e. The van der Waals surface area contributed by atoms with Gasteiger partial charge in [-0.3, -0.25) is 4.79 Å². The Hall–Kier alpha value is -1.38. The van der Waals surface area contributed by atoms with Crippen LogP contribution in [0.25, 0.3) is 0 Å². The largest absolute Gasteiger partial charge is 0.345 e. The molecule has 0 bridgehead atoms. The molecule has 0 fully saturated rings. The van der Waals surface area contributed by atoms with Gasteiger partial charge in [-0.2, -0.15) is 0 Å². The number of benzene rings is 1. The summed E-state index contributed by atoms with van der Waals surface area (Å²) in [4.78, 5) is 13.6. The van der Waals surface area contributed by atoms with Crippen molar-refractivity contribution < 1.29 is 9.18 Å². The van der Waals surface area contributed by atoms with E-state index in [9.17, 15) is 9.18 Å². The highest BCUT2D eigenvalue weighted by Crippen LogP contribution is 2.15. The van der Waals surface area contributed by atoms with E-state index >= 15 is 0 Å². The van der Waals surface area contributed by atoms with Crippen LogP contribution in [-0.2, 0) is 11.2 Å². The number of halogens is 1. The van der Waals surface area contributed by atoms with Crippen molar-refractivity contribution in [3.8, 4) is 0 Å². The van der Waals surface area contributed by atoms with Crippen molar-refractivity contribution in [1.82, 2.24) is 4.90 Å². The lowest BCUT2D eigenvalue weighted by Crippen LogP contribution is -2.35. The molecule has 94 valence electrons. The molecule has 0 unspecified atom stereocenters. The molecule has 1 amide bonds. The molecule has 0 radical (unpaired) electrons. The summed E-state index contributed by atoms with van der Waals surface area (Å²) >= 11 is 0. The quantitative estimate of drug-likeness (QED) is 0.791. The highest BCUT2D eigenvalue weighted by atomic mass is 19.1. The maximum atomic E-state index is 13.4. The normalized spacial score (nSPS) is 11.4. The van der Waals surface area contributed by atoms with Crippen molar-refractivity contribution in [2.75, 3.05) is 13.6 Å². The van der Waals surface area contributed by atoms with Crippen LogP contribution in [0.5, 0.6) is 0 Å². The maximum absolute atomic E-state index is 13.4. The zero-order valence-electron chi connectivity index (χ0n) is 11.0. The fourth-order valence-electron chi connectivity index (χ4n) is 1.74. The van der Waals surface area contributed by atoms with E-state index in [1.807, 2.05) is 0 Å². The molecule has 0 aromatic heterocycles. The Labute approximate surface area is 102 Å². The number of carbonyl (C=O) groups excluding carboxylic acids is 1.